The number of ether oxygens (including phenoxy) is 1. The van der Waals surface area contributed by atoms with Gasteiger partial charge in [-0.3, -0.25) is 0 Å². The summed E-state index contributed by atoms with van der Waals surface area (Å²) in [4.78, 5) is 0. The Morgan fingerprint density at radius 2 is 1.85 bits per heavy atom. The van der Waals surface area contributed by atoms with Crippen LogP contribution in [-0.2, 0) is 13.0 Å². The molecule has 0 amide bonds. The molecule has 2 N–H and O–H groups in total. The molecular formula is C16H17Cl2NO. The molecule has 0 bridgehead atoms. The third-order valence-electron chi connectivity index (χ3n) is 2.89. The van der Waals surface area contributed by atoms with E-state index < -0.39 is 0 Å². The molecule has 2 aromatic carbocycles. The summed E-state index contributed by atoms with van der Waals surface area (Å²) in [5.41, 5.74) is 7.82. The van der Waals surface area contributed by atoms with Crippen molar-refractivity contribution in [3.05, 3.63) is 63.6 Å². The zero-order chi connectivity index (χ0) is 14.5. The first-order chi connectivity index (χ1) is 9.56. The van der Waals surface area contributed by atoms with Gasteiger partial charge in [-0.2, -0.15) is 0 Å². The summed E-state index contributed by atoms with van der Waals surface area (Å²) in [6.45, 7) is 2.36. The van der Waals surface area contributed by atoms with Crippen LogP contribution in [0.25, 0.3) is 0 Å². The van der Waals surface area contributed by atoms with Crippen molar-refractivity contribution in [3.63, 3.8) is 0 Å². The van der Waals surface area contributed by atoms with Crippen LogP contribution >= 0.6 is 23.2 Å². The second kappa shape index (κ2) is 6.98. The molecule has 0 fully saturated rings. The SMILES string of the molecule is CC(N)Cc1ccc(OCc2ccccc2Cl)c(Cl)c1. The Kier molecular flexibility index (Phi) is 5.30. The standard InChI is InChI=1S/C16H17Cl2NO/c1-11(19)8-12-6-7-16(15(18)9-12)20-10-13-4-2-3-5-14(13)17/h2-7,9,11H,8,10,19H2,1H3. The summed E-state index contributed by atoms with van der Waals surface area (Å²) in [5, 5.41) is 1.28. The van der Waals surface area contributed by atoms with Crippen LogP contribution in [0.15, 0.2) is 42.5 Å². The van der Waals surface area contributed by atoms with Gasteiger partial charge in [0.05, 0.1) is 5.02 Å². The van der Waals surface area contributed by atoms with E-state index in [4.69, 9.17) is 33.7 Å². The number of rotatable bonds is 5. The van der Waals surface area contributed by atoms with Crippen molar-refractivity contribution in [1.82, 2.24) is 0 Å². The van der Waals surface area contributed by atoms with Crippen LogP contribution in [0.5, 0.6) is 5.75 Å². The Labute approximate surface area is 129 Å². The number of halogens is 2. The highest BCUT2D eigenvalue weighted by Crippen LogP contribution is 2.27. The summed E-state index contributed by atoms with van der Waals surface area (Å²) in [5.74, 6) is 0.653. The average Bonchev–Trinajstić information content (AvgIpc) is 2.39. The first-order valence-electron chi connectivity index (χ1n) is 6.46. The van der Waals surface area contributed by atoms with E-state index in [0.29, 0.717) is 22.4 Å². The Bertz CT molecular complexity index is 584. The van der Waals surface area contributed by atoms with Crippen LogP contribution in [-0.4, -0.2) is 6.04 Å². The number of hydrogen-bond donors (Lipinski definition) is 1. The first kappa shape index (κ1) is 15.2. The molecule has 0 aliphatic heterocycles. The summed E-state index contributed by atoms with van der Waals surface area (Å²) >= 11 is 12.3. The van der Waals surface area contributed by atoms with E-state index in [1.165, 1.54) is 0 Å². The van der Waals surface area contributed by atoms with Gasteiger partial charge in [-0.15, -0.1) is 0 Å². The van der Waals surface area contributed by atoms with E-state index >= 15 is 0 Å². The van der Waals surface area contributed by atoms with Crippen LogP contribution < -0.4 is 10.5 Å². The highest BCUT2D eigenvalue weighted by atomic mass is 35.5. The molecule has 2 aromatic rings. The quantitative estimate of drug-likeness (QED) is 0.885. The van der Waals surface area contributed by atoms with Crippen LogP contribution in [0.2, 0.25) is 10.0 Å². The maximum absolute atomic E-state index is 6.22. The number of hydrogen-bond acceptors (Lipinski definition) is 2. The monoisotopic (exact) mass is 309 g/mol. The fourth-order valence-electron chi connectivity index (χ4n) is 1.93. The van der Waals surface area contributed by atoms with Gasteiger partial charge in [-0.1, -0.05) is 47.5 Å². The molecule has 106 valence electrons. The summed E-state index contributed by atoms with van der Waals surface area (Å²) in [6, 6.07) is 13.5. The fourth-order valence-corrected chi connectivity index (χ4v) is 2.38. The van der Waals surface area contributed by atoms with E-state index in [9.17, 15) is 0 Å². The maximum Gasteiger partial charge on any atom is 0.138 e. The van der Waals surface area contributed by atoms with Crippen molar-refractivity contribution in [3.8, 4) is 5.75 Å². The zero-order valence-electron chi connectivity index (χ0n) is 11.3. The summed E-state index contributed by atoms with van der Waals surface area (Å²) in [7, 11) is 0. The molecule has 1 unspecified atom stereocenters. The van der Waals surface area contributed by atoms with Crippen molar-refractivity contribution in [2.75, 3.05) is 0 Å². The minimum Gasteiger partial charge on any atom is -0.487 e. The van der Waals surface area contributed by atoms with Crippen LogP contribution in [0, 0.1) is 0 Å². The van der Waals surface area contributed by atoms with Gasteiger partial charge in [0, 0.05) is 16.6 Å². The highest BCUT2D eigenvalue weighted by Gasteiger charge is 2.06. The van der Waals surface area contributed by atoms with Gasteiger partial charge < -0.3 is 10.5 Å². The van der Waals surface area contributed by atoms with Crippen molar-refractivity contribution in [2.24, 2.45) is 5.73 Å². The van der Waals surface area contributed by atoms with E-state index in [1.54, 1.807) is 0 Å². The van der Waals surface area contributed by atoms with Gasteiger partial charge in [0.1, 0.15) is 12.4 Å². The molecule has 0 heterocycles. The lowest BCUT2D eigenvalue weighted by atomic mass is 10.1. The first-order valence-corrected chi connectivity index (χ1v) is 7.22. The second-order valence-electron chi connectivity index (χ2n) is 4.83. The average molecular weight is 310 g/mol. The molecule has 0 spiro atoms. The van der Waals surface area contributed by atoms with Gasteiger partial charge in [-0.25, -0.2) is 0 Å². The van der Waals surface area contributed by atoms with Gasteiger partial charge in [-0.05, 0) is 37.1 Å². The van der Waals surface area contributed by atoms with E-state index in [0.717, 1.165) is 17.5 Å². The molecule has 0 radical (unpaired) electrons. The summed E-state index contributed by atoms with van der Waals surface area (Å²) < 4.78 is 5.72. The molecule has 0 aromatic heterocycles. The molecule has 0 aliphatic rings. The minimum absolute atomic E-state index is 0.112. The van der Waals surface area contributed by atoms with E-state index in [2.05, 4.69) is 0 Å². The molecule has 0 aliphatic carbocycles. The molecule has 2 nitrogen and oxygen atoms in total. The normalized spacial score (nSPS) is 12.2. The molecule has 1 atom stereocenters. The smallest absolute Gasteiger partial charge is 0.138 e. The highest BCUT2D eigenvalue weighted by molar-refractivity contribution is 6.32. The molecule has 0 saturated carbocycles. The molecular weight excluding hydrogens is 293 g/mol. The zero-order valence-corrected chi connectivity index (χ0v) is 12.8. The van der Waals surface area contributed by atoms with Crippen molar-refractivity contribution >= 4 is 23.2 Å². The Balaban J connectivity index is 2.05. The lowest BCUT2D eigenvalue weighted by molar-refractivity contribution is 0.306. The Morgan fingerprint density at radius 3 is 2.50 bits per heavy atom. The predicted octanol–water partition coefficient (Wildman–Crippen LogP) is 4.46. The van der Waals surface area contributed by atoms with Gasteiger partial charge >= 0.3 is 0 Å². The van der Waals surface area contributed by atoms with Crippen LogP contribution in [0.4, 0.5) is 0 Å². The van der Waals surface area contributed by atoms with E-state index in [-0.39, 0.29) is 6.04 Å². The maximum atomic E-state index is 6.22. The largest absolute Gasteiger partial charge is 0.487 e. The Hall–Kier alpha value is -1.22. The molecule has 20 heavy (non-hydrogen) atoms. The van der Waals surface area contributed by atoms with Crippen molar-refractivity contribution in [1.29, 1.82) is 0 Å². The molecule has 4 heteroatoms. The summed E-state index contributed by atoms with van der Waals surface area (Å²) in [6.07, 6.45) is 0.796. The number of nitrogens with two attached hydrogens (primary N) is 1. The fraction of sp³-hybridized carbons (Fsp3) is 0.250. The van der Waals surface area contributed by atoms with Gasteiger partial charge in [0.2, 0.25) is 0 Å². The topological polar surface area (TPSA) is 35.2 Å². The molecule has 2 rings (SSSR count). The second-order valence-corrected chi connectivity index (χ2v) is 5.64. The predicted molar refractivity (Wildman–Crippen MR) is 84.6 cm³/mol. The van der Waals surface area contributed by atoms with E-state index in [1.807, 2.05) is 49.4 Å². The number of benzene rings is 2. The van der Waals surface area contributed by atoms with Crippen LogP contribution in [0.3, 0.4) is 0 Å². The Morgan fingerprint density at radius 1 is 1.10 bits per heavy atom. The lowest BCUT2D eigenvalue weighted by Crippen LogP contribution is -2.17. The third kappa shape index (κ3) is 4.14. The minimum atomic E-state index is 0.112. The van der Waals surface area contributed by atoms with Crippen LogP contribution in [0.1, 0.15) is 18.1 Å². The molecule has 0 saturated heterocycles. The van der Waals surface area contributed by atoms with Gasteiger partial charge in [0.25, 0.3) is 0 Å². The third-order valence-corrected chi connectivity index (χ3v) is 3.56. The van der Waals surface area contributed by atoms with Gasteiger partial charge in [0.15, 0.2) is 0 Å². The van der Waals surface area contributed by atoms with Crippen molar-refractivity contribution in [2.45, 2.75) is 26.0 Å². The lowest BCUT2D eigenvalue weighted by Gasteiger charge is -2.11. The van der Waals surface area contributed by atoms with Crippen molar-refractivity contribution < 1.29 is 4.74 Å².